The predicted molar refractivity (Wildman–Crippen MR) is 52.8 cm³/mol. The fourth-order valence-corrected chi connectivity index (χ4v) is 1.91. The third-order valence-corrected chi connectivity index (χ3v) is 3.11. The van der Waals surface area contributed by atoms with Gasteiger partial charge in [-0.3, -0.25) is 0 Å². The first-order valence-corrected chi connectivity index (χ1v) is 5.36. The molecule has 1 aliphatic carbocycles. The lowest BCUT2D eigenvalue weighted by molar-refractivity contribution is 0.182. The van der Waals surface area contributed by atoms with Crippen LogP contribution in [0.2, 0.25) is 0 Å². The van der Waals surface area contributed by atoms with Gasteiger partial charge in [-0.15, -0.1) is 0 Å². The molecule has 0 aromatic heterocycles. The summed E-state index contributed by atoms with van der Waals surface area (Å²) in [5, 5.41) is 6.84. The highest BCUT2D eigenvalue weighted by Gasteiger charge is 2.27. The standard InChI is InChI=1S/C10H20N2O/c1-11-10-7-13-6-9(10)5-12-4-8-2-3-8/h8-12H,2-7H2,1H3. The molecule has 2 rings (SSSR count). The Morgan fingerprint density at radius 1 is 1.23 bits per heavy atom. The Kier molecular flexibility index (Phi) is 3.19. The number of ether oxygens (including phenoxy) is 1. The quantitative estimate of drug-likeness (QED) is 0.641. The van der Waals surface area contributed by atoms with E-state index in [-0.39, 0.29) is 0 Å². The highest BCUT2D eigenvalue weighted by molar-refractivity contribution is 4.83. The van der Waals surface area contributed by atoms with Crippen molar-refractivity contribution in [1.82, 2.24) is 10.6 Å². The Morgan fingerprint density at radius 3 is 2.77 bits per heavy atom. The maximum atomic E-state index is 5.43. The van der Waals surface area contributed by atoms with Crippen molar-refractivity contribution in [1.29, 1.82) is 0 Å². The minimum Gasteiger partial charge on any atom is -0.379 e. The number of rotatable bonds is 5. The maximum Gasteiger partial charge on any atom is 0.0623 e. The molecule has 1 saturated heterocycles. The first kappa shape index (κ1) is 9.44. The fourth-order valence-electron chi connectivity index (χ4n) is 1.91. The van der Waals surface area contributed by atoms with Crippen LogP contribution < -0.4 is 10.6 Å². The molecule has 76 valence electrons. The third-order valence-electron chi connectivity index (χ3n) is 3.11. The molecule has 3 heteroatoms. The van der Waals surface area contributed by atoms with Gasteiger partial charge in [-0.05, 0) is 32.4 Å². The Labute approximate surface area is 80.2 Å². The third kappa shape index (κ3) is 2.66. The van der Waals surface area contributed by atoms with Crippen LogP contribution in [0, 0.1) is 11.8 Å². The van der Waals surface area contributed by atoms with Gasteiger partial charge in [0.25, 0.3) is 0 Å². The van der Waals surface area contributed by atoms with Crippen LogP contribution in [0.1, 0.15) is 12.8 Å². The van der Waals surface area contributed by atoms with Crippen molar-refractivity contribution in [3.05, 3.63) is 0 Å². The largest absolute Gasteiger partial charge is 0.379 e. The SMILES string of the molecule is CNC1COCC1CNCC1CC1. The van der Waals surface area contributed by atoms with Crippen molar-refractivity contribution in [2.75, 3.05) is 33.4 Å². The van der Waals surface area contributed by atoms with Gasteiger partial charge in [-0.2, -0.15) is 0 Å². The Bertz CT molecular complexity index is 159. The maximum absolute atomic E-state index is 5.43. The second-order valence-electron chi connectivity index (χ2n) is 4.29. The van der Waals surface area contributed by atoms with Crippen LogP contribution in [0.5, 0.6) is 0 Å². The minimum atomic E-state index is 0.562. The Balaban J connectivity index is 1.61. The second kappa shape index (κ2) is 4.40. The average Bonchev–Trinajstić information content (AvgIpc) is 2.84. The summed E-state index contributed by atoms with van der Waals surface area (Å²) in [4.78, 5) is 0. The molecule has 1 heterocycles. The molecule has 2 aliphatic rings. The van der Waals surface area contributed by atoms with Crippen LogP contribution in [0.4, 0.5) is 0 Å². The highest BCUT2D eigenvalue weighted by Crippen LogP contribution is 2.27. The summed E-state index contributed by atoms with van der Waals surface area (Å²) in [5.41, 5.74) is 0. The number of hydrogen-bond donors (Lipinski definition) is 2. The molecule has 0 aromatic rings. The molecule has 1 aliphatic heterocycles. The summed E-state index contributed by atoms with van der Waals surface area (Å²) in [6, 6.07) is 0.562. The molecule has 2 N–H and O–H groups in total. The first-order valence-electron chi connectivity index (χ1n) is 5.36. The average molecular weight is 184 g/mol. The zero-order valence-electron chi connectivity index (χ0n) is 8.38. The molecule has 0 bridgehead atoms. The molecule has 0 radical (unpaired) electrons. The van der Waals surface area contributed by atoms with Gasteiger partial charge in [0, 0.05) is 18.5 Å². The highest BCUT2D eigenvalue weighted by atomic mass is 16.5. The van der Waals surface area contributed by atoms with Crippen LogP contribution in [0.25, 0.3) is 0 Å². The van der Waals surface area contributed by atoms with Gasteiger partial charge in [0.05, 0.1) is 13.2 Å². The van der Waals surface area contributed by atoms with Crippen LogP contribution in [-0.4, -0.2) is 39.4 Å². The van der Waals surface area contributed by atoms with E-state index in [1.54, 1.807) is 0 Å². The summed E-state index contributed by atoms with van der Waals surface area (Å²) in [6.45, 7) is 4.13. The molecule has 0 amide bonds. The summed E-state index contributed by atoms with van der Waals surface area (Å²) >= 11 is 0. The van der Waals surface area contributed by atoms with Gasteiger partial charge >= 0.3 is 0 Å². The molecule has 2 unspecified atom stereocenters. The van der Waals surface area contributed by atoms with Gasteiger partial charge in [0.1, 0.15) is 0 Å². The van der Waals surface area contributed by atoms with Crippen molar-refractivity contribution in [3.8, 4) is 0 Å². The van der Waals surface area contributed by atoms with Gasteiger partial charge in [0.2, 0.25) is 0 Å². The first-order chi connectivity index (χ1) is 6.40. The van der Waals surface area contributed by atoms with Gasteiger partial charge < -0.3 is 15.4 Å². The van der Waals surface area contributed by atoms with E-state index < -0.39 is 0 Å². The van der Waals surface area contributed by atoms with E-state index in [4.69, 9.17) is 4.74 Å². The second-order valence-corrected chi connectivity index (χ2v) is 4.29. The molecule has 0 spiro atoms. The van der Waals surface area contributed by atoms with E-state index >= 15 is 0 Å². The van der Waals surface area contributed by atoms with E-state index in [0.29, 0.717) is 12.0 Å². The topological polar surface area (TPSA) is 33.3 Å². The van der Waals surface area contributed by atoms with Crippen molar-refractivity contribution in [2.45, 2.75) is 18.9 Å². The summed E-state index contributed by atoms with van der Waals surface area (Å²) in [7, 11) is 2.02. The lowest BCUT2D eigenvalue weighted by Crippen LogP contribution is -2.38. The van der Waals surface area contributed by atoms with Crippen LogP contribution in [0.15, 0.2) is 0 Å². The van der Waals surface area contributed by atoms with E-state index in [2.05, 4.69) is 10.6 Å². The Morgan fingerprint density at radius 2 is 2.08 bits per heavy atom. The summed E-state index contributed by atoms with van der Waals surface area (Å²) in [5.74, 6) is 1.65. The van der Waals surface area contributed by atoms with Crippen molar-refractivity contribution in [2.24, 2.45) is 11.8 Å². The lowest BCUT2D eigenvalue weighted by atomic mass is 10.0. The summed E-state index contributed by atoms with van der Waals surface area (Å²) < 4.78 is 5.43. The Hall–Kier alpha value is -0.120. The molecule has 13 heavy (non-hydrogen) atoms. The zero-order chi connectivity index (χ0) is 9.10. The number of likely N-dealkylation sites (N-methyl/N-ethyl adjacent to an activating group) is 1. The molecule has 2 fully saturated rings. The minimum absolute atomic E-state index is 0.562. The van der Waals surface area contributed by atoms with Crippen molar-refractivity contribution >= 4 is 0 Å². The molecule has 2 atom stereocenters. The fraction of sp³-hybridized carbons (Fsp3) is 1.00. The lowest BCUT2D eigenvalue weighted by Gasteiger charge is -2.16. The molecule has 3 nitrogen and oxygen atoms in total. The number of nitrogens with one attached hydrogen (secondary N) is 2. The van der Waals surface area contributed by atoms with Gasteiger partial charge in [-0.1, -0.05) is 0 Å². The van der Waals surface area contributed by atoms with Gasteiger partial charge in [0.15, 0.2) is 0 Å². The van der Waals surface area contributed by atoms with E-state index in [0.717, 1.165) is 25.7 Å². The zero-order valence-corrected chi connectivity index (χ0v) is 8.38. The van der Waals surface area contributed by atoms with Crippen molar-refractivity contribution in [3.63, 3.8) is 0 Å². The molecule has 1 saturated carbocycles. The van der Waals surface area contributed by atoms with Crippen molar-refractivity contribution < 1.29 is 4.74 Å². The molecular weight excluding hydrogens is 164 g/mol. The van der Waals surface area contributed by atoms with Crippen LogP contribution in [0.3, 0.4) is 0 Å². The molecular formula is C10H20N2O. The van der Waals surface area contributed by atoms with E-state index in [1.807, 2.05) is 7.05 Å². The molecule has 0 aromatic carbocycles. The number of hydrogen-bond acceptors (Lipinski definition) is 3. The van der Waals surface area contributed by atoms with Crippen LogP contribution >= 0.6 is 0 Å². The summed E-state index contributed by atoms with van der Waals surface area (Å²) in [6.07, 6.45) is 2.87. The van der Waals surface area contributed by atoms with Gasteiger partial charge in [-0.25, -0.2) is 0 Å². The predicted octanol–water partition coefficient (Wildman–Crippen LogP) is 0.220. The monoisotopic (exact) mass is 184 g/mol. The van der Waals surface area contributed by atoms with Crippen LogP contribution in [-0.2, 0) is 4.74 Å². The van der Waals surface area contributed by atoms with E-state index in [9.17, 15) is 0 Å². The smallest absolute Gasteiger partial charge is 0.0623 e. The normalized spacial score (nSPS) is 33.9. The van der Waals surface area contributed by atoms with E-state index in [1.165, 1.54) is 19.4 Å².